The Bertz CT molecular complexity index is 1980. The molecule has 2 unspecified atom stereocenters. The van der Waals surface area contributed by atoms with Crippen molar-refractivity contribution in [3.63, 3.8) is 0 Å². The maximum absolute atomic E-state index is 15.0. The van der Waals surface area contributed by atoms with Crippen molar-refractivity contribution in [1.82, 2.24) is 14.8 Å². The Morgan fingerprint density at radius 2 is 2.02 bits per heavy atom. The lowest BCUT2D eigenvalue weighted by atomic mass is 10.1. The highest BCUT2D eigenvalue weighted by Gasteiger charge is 2.55. The summed E-state index contributed by atoms with van der Waals surface area (Å²) in [6.07, 6.45) is 6.86. The minimum absolute atomic E-state index is 0.0390. The van der Waals surface area contributed by atoms with Gasteiger partial charge in [-0.15, -0.1) is 0 Å². The number of aryl methyl sites for hydroxylation is 1. The van der Waals surface area contributed by atoms with E-state index in [0.29, 0.717) is 27.9 Å². The van der Waals surface area contributed by atoms with E-state index in [0.717, 1.165) is 6.07 Å². The number of H-pyrrole nitrogens is 1. The number of carbonyl (C=O) groups excluding carboxylic acids is 1. The summed E-state index contributed by atoms with van der Waals surface area (Å²) in [7, 11) is -4.10. The molecule has 4 aromatic rings. The lowest BCUT2D eigenvalue weighted by molar-refractivity contribution is -0.0129. The molecule has 0 bridgehead atoms. The maximum atomic E-state index is 15.0. The number of ether oxygens (including phenoxy) is 1. The molecule has 2 aromatic heterocycles. The summed E-state index contributed by atoms with van der Waals surface area (Å²) in [5.74, 6) is -2.99. The predicted octanol–water partition coefficient (Wildman–Crippen LogP) is 4.19. The quantitative estimate of drug-likeness (QED) is 0.152. The number of nitrogens with zero attached hydrogens (tertiary/aromatic N) is 2. The van der Waals surface area contributed by atoms with E-state index in [1.54, 1.807) is 43.4 Å². The van der Waals surface area contributed by atoms with E-state index in [1.807, 2.05) is 0 Å². The number of hydrogen-bond acceptors (Lipinski definition) is 8. The Balaban J connectivity index is 1.23. The molecule has 0 aliphatic heterocycles. The smallest absolute Gasteiger partial charge is 0.270 e. The zero-order chi connectivity index (χ0) is 32.1. The van der Waals surface area contributed by atoms with Gasteiger partial charge in [-0.1, -0.05) is 18.2 Å². The Morgan fingerprint density at radius 1 is 1.24 bits per heavy atom. The number of halogens is 2. The molecule has 11 nitrogen and oxygen atoms in total. The van der Waals surface area contributed by atoms with E-state index in [1.165, 1.54) is 29.1 Å². The van der Waals surface area contributed by atoms with Gasteiger partial charge in [-0.3, -0.25) is 9.52 Å². The van der Waals surface area contributed by atoms with Crippen LogP contribution < -0.4 is 15.2 Å². The molecule has 0 saturated heterocycles. The Hall–Kier alpha value is -4.53. The van der Waals surface area contributed by atoms with E-state index in [9.17, 15) is 22.7 Å². The van der Waals surface area contributed by atoms with Crippen LogP contribution in [0.4, 0.5) is 20.3 Å². The molecule has 2 aliphatic rings. The van der Waals surface area contributed by atoms with E-state index < -0.39 is 44.9 Å². The number of hydrogen-bond donors (Lipinski definition) is 5. The molecule has 2 aliphatic carbocycles. The number of carbonyl (C=O) groups is 1. The van der Waals surface area contributed by atoms with Crippen LogP contribution in [-0.2, 0) is 10.0 Å². The lowest BCUT2D eigenvalue weighted by Crippen LogP contribution is -2.34. The Labute approximate surface area is 257 Å². The Morgan fingerprint density at radius 3 is 2.69 bits per heavy atom. The first-order chi connectivity index (χ1) is 21.3. The second-order valence-corrected chi connectivity index (χ2v) is 13.5. The minimum atomic E-state index is -4.10. The zero-order valence-electron chi connectivity index (χ0n) is 24.1. The van der Waals surface area contributed by atoms with Crippen molar-refractivity contribution in [2.24, 2.45) is 0 Å². The molecule has 2 heterocycles. The number of ketones is 1. The van der Waals surface area contributed by atoms with Gasteiger partial charge in [-0.2, -0.15) is 9.49 Å². The number of anilines is 2. The lowest BCUT2D eigenvalue weighted by Gasteiger charge is -2.24. The molecule has 0 amide bonds. The van der Waals surface area contributed by atoms with Crippen molar-refractivity contribution in [1.29, 1.82) is 0 Å². The molecular weight excluding hydrogens is 608 g/mol. The normalized spacial score (nSPS) is 19.5. The topological polar surface area (TPSA) is 173 Å². The summed E-state index contributed by atoms with van der Waals surface area (Å²) >= 11 is 0. The number of allylic oxidation sites excluding steroid dienone is 2. The number of aliphatic hydroxyl groups is 2. The van der Waals surface area contributed by atoms with Crippen molar-refractivity contribution in [3.8, 4) is 11.4 Å². The van der Waals surface area contributed by atoms with Gasteiger partial charge < -0.3 is 25.7 Å². The summed E-state index contributed by atoms with van der Waals surface area (Å²) in [6.45, 7) is 1.18. The number of alkyl halides is 1. The third kappa shape index (κ3) is 5.72. The van der Waals surface area contributed by atoms with Gasteiger partial charge in [0.2, 0.25) is 15.8 Å². The second-order valence-electron chi connectivity index (χ2n) is 11.4. The van der Waals surface area contributed by atoms with Crippen LogP contribution in [0.3, 0.4) is 0 Å². The van der Waals surface area contributed by atoms with Crippen LogP contribution in [0.15, 0.2) is 66.9 Å². The Kier molecular flexibility index (Phi) is 7.54. The molecule has 2 aromatic carbocycles. The monoisotopic (exact) mass is 639 g/mol. The van der Waals surface area contributed by atoms with Crippen molar-refractivity contribution >= 4 is 38.2 Å². The van der Waals surface area contributed by atoms with Crippen LogP contribution in [0.1, 0.15) is 47.3 Å². The van der Waals surface area contributed by atoms with Crippen LogP contribution in [-0.4, -0.2) is 62.5 Å². The molecule has 6 rings (SSSR count). The molecule has 1 saturated carbocycles. The van der Waals surface area contributed by atoms with Crippen molar-refractivity contribution in [3.05, 3.63) is 89.5 Å². The van der Waals surface area contributed by atoms with Crippen LogP contribution in [0, 0.1) is 12.7 Å². The first-order valence-electron chi connectivity index (χ1n) is 14.2. The van der Waals surface area contributed by atoms with Gasteiger partial charge in [0.1, 0.15) is 17.4 Å². The molecule has 6 N–H and O–H groups in total. The van der Waals surface area contributed by atoms with Gasteiger partial charge in [-0.05, 0) is 74.2 Å². The van der Waals surface area contributed by atoms with E-state index in [4.69, 9.17) is 15.6 Å². The van der Waals surface area contributed by atoms with Gasteiger partial charge in [0.15, 0.2) is 0 Å². The first-order valence-corrected chi connectivity index (χ1v) is 15.7. The molecule has 2 atom stereocenters. The first kappa shape index (κ1) is 30.5. The molecular formula is C31H31F2N5O6S. The zero-order valence-corrected chi connectivity index (χ0v) is 24.9. The molecule has 1 fully saturated rings. The summed E-state index contributed by atoms with van der Waals surface area (Å²) in [4.78, 5) is 16.4. The van der Waals surface area contributed by atoms with E-state index >= 15 is 4.39 Å². The van der Waals surface area contributed by atoms with Crippen molar-refractivity contribution in [2.75, 3.05) is 17.1 Å². The predicted molar refractivity (Wildman–Crippen MR) is 164 cm³/mol. The van der Waals surface area contributed by atoms with E-state index in [2.05, 4.69) is 14.8 Å². The van der Waals surface area contributed by atoms with Crippen LogP contribution in [0.5, 0.6) is 5.75 Å². The van der Waals surface area contributed by atoms with Crippen LogP contribution >= 0.6 is 0 Å². The largest absolute Gasteiger partial charge is 0.454 e. The van der Waals surface area contributed by atoms with E-state index in [-0.39, 0.29) is 48.4 Å². The van der Waals surface area contributed by atoms with Gasteiger partial charge in [0.25, 0.3) is 5.85 Å². The number of benzene rings is 2. The molecule has 0 radical (unpaired) electrons. The van der Waals surface area contributed by atoms with Crippen LogP contribution in [0.2, 0.25) is 0 Å². The number of rotatable bonds is 11. The summed E-state index contributed by atoms with van der Waals surface area (Å²) < 4.78 is 63.9. The van der Waals surface area contributed by atoms with Crippen molar-refractivity contribution < 1.29 is 36.9 Å². The number of aliphatic hydroxyl groups excluding tert-OH is 2. The highest BCUT2D eigenvalue weighted by Crippen LogP contribution is 2.48. The number of sulfonamides is 1. The van der Waals surface area contributed by atoms with Crippen LogP contribution in [0.25, 0.3) is 16.6 Å². The molecule has 0 spiro atoms. The number of fused-ring (bicyclic) bond motifs is 1. The average molecular weight is 640 g/mol. The highest BCUT2D eigenvalue weighted by atomic mass is 32.2. The minimum Gasteiger partial charge on any atom is -0.454 e. The standard InChI is InChI=1S/C31H31F2N5O6S/c1-18-11-21(44-31(33)7-3-2-4-8-31)5-6-27(18)38-29(34)22(16-35-38)28(41)26-13-19-12-23(32)25(14-24(19)36-26)37-45(42,43)30(9-10-30)15-20(40)17-39/h2-7,11-14,16,20,36-37,39-40H,8-10,15,17,34H2,1H3. The third-order valence-corrected chi connectivity index (χ3v) is 10.3. The summed E-state index contributed by atoms with van der Waals surface area (Å²) in [6, 6.07) is 8.65. The fourth-order valence-electron chi connectivity index (χ4n) is 5.47. The molecule has 14 heteroatoms. The number of nitrogens with two attached hydrogens (primary N) is 1. The summed E-state index contributed by atoms with van der Waals surface area (Å²) in [5, 5.41) is 23.5. The fraction of sp³-hybridized carbons (Fsp3) is 0.290. The molecule has 236 valence electrons. The SMILES string of the molecule is Cc1cc(OC2(F)C=CC=CC2)ccc1-n1ncc(C(=O)c2cc3cc(F)c(NS(=O)(=O)C4(CC(O)CO)CC4)cc3[nH]2)c1N. The van der Waals surface area contributed by atoms with Gasteiger partial charge in [-0.25, -0.2) is 17.5 Å². The third-order valence-electron chi connectivity index (χ3n) is 8.12. The van der Waals surface area contributed by atoms with Crippen molar-refractivity contribution in [2.45, 2.75) is 49.3 Å². The average Bonchev–Trinajstić information content (AvgIpc) is 3.53. The number of nitrogen functional groups attached to an aromatic ring is 1. The maximum Gasteiger partial charge on any atom is 0.270 e. The number of aromatic nitrogens is 3. The van der Waals surface area contributed by atoms with Gasteiger partial charge >= 0.3 is 0 Å². The fourth-order valence-corrected chi connectivity index (χ4v) is 7.18. The van der Waals surface area contributed by atoms with Gasteiger partial charge in [0.05, 0.1) is 46.3 Å². The summed E-state index contributed by atoms with van der Waals surface area (Å²) in [5.41, 5.74) is 7.67. The molecule has 45 heavy (non-hydrogen) atoms. The highest BCUT2D eigenvalue weighted by molar-refractivity contribution is 7.94. The number of aromatic amines is 1. The number of nitrogens with one attached hydrogen (secondary N) is 2. The second kappa shape index (κ2) is 11.1. The van der Waals surface area contributed by atoms with Gasteiger partial charge in [0, 0.05) is 17.3 Å².